The number of alkyl carbamates (subject to hydrolysis) is 1. The zero-order chi connectivity index (χ0) is 91.6. The summed E-state index contributed by atoms with van der Waals surface area (Å²) in [7, 11) is 11.0. The molecule has 0 spiro atoms. The Morgan fingerprint density at radius 3 is 1.14 bits per heavy atom. The summed E-state index contributed by atoms with van der Waals surface area (Å²) in [5.74, 6) is -6.61. The van der Waals surface area contributed by atoms with E-state index in [-0.39, 0.29) is 223 Å². The number of alkyl halides is 3. The summed E-state index contributed by atoms with van der Waals surface area (Å²) in [6.07, 6.45) is 17.3. The molecule has 760 valence electrons. The number of likely N-dealkylation sites (N-methyl/N-ethyl adjacent to an activating group) is 1. The molecule has 127 heavy (non-hydrogen) atoms. The van der Waals surface area contributed by atoms with Gasteiger partial charge in [-0.05, 0) is 97.6 Å². The monoisotopic (exact) mass is 1930 g/mol. The first-order valence-corrected chi connectivity index (χ1v) is 37.9. The van der Waals surface area contributed by atoms with Crippen LogP contribution in [0.3, 0.4) is 0 Å². The first-order valence-electron chi connectivity index (χ1n) is 37.7. The van der Waals surface area contributed by atoms with E-state index < -0.39 is 70.6 Å². The van der Waals surface area contributed by atoms with E-state index in [4.69, 9.17) is 99.6 Å². The van der Waals surface area contributed by atoms with Gasteiger partial charge < -0.3 is 120 Å². The number of carbonyl (C=O) groups is 15. The van der Waals surface area contributed by atoms with Gasteiger partial charge >= 0.3 is 65.5 Å². The summed E-state index contributed by atoms with van der Waals surface area (Å²) >= 11 is 14.7. The average Bonchev–Trinajstić information content (AvgIpc) is 1.74. The summed E-state index contributed by atoms with van der Waals surface area (Å²) in [5.41, 5.74) is 5.24. The second-order valence-corrected chi connectivity index (χ2v) is 24.3. The normalized spacial score (nSPS) is 12.9. The molecule has 0 aromatic carbocycles. The van der Waals surface area contributed by atoms with E-state index in [2.05, 4.69) is 68.4 Å². The fraction of sp³-hybridized carbons (Fsp3) is 0.793. The topological polar surface area (TPSA) is 559 Å². The van der Waals surface area contributed by atoms with E-state index in [1.807, 2.05) is 6.79 Å². The van der Waals surface area contributed by atoms with Crippen molar-refractivity contribution in [2.45, 2.75) is 228 Å². The Morgan fingerprint density at radius 1 is 0.567 bits per heavy atom. The summed E-state index contributed by atoms with van der Waals surface area (Å²) in [6.45, 7) is 14.9. The van der Waals surface area contributed by atoms with Gasteiger partial charge in [0.05, 0.1) is 83.9 Å². The van der Waals surface area contributed by atoms with E-state index in [0.717, 1.165) is 64.6 Å². The maximum Gasteiger partial charge on any atom is 1.00 e. The van der Waals surface area contributed by atoms with Crippen LogP contribution in [0.4, 0.5) is 4.79 Å². The molecule has 45 heteroatoms. The molecule has 11 N–H and O–H groups in total. The molecule has 4 heterocycles. The molecular formula is C82H172Cl3N8NaO33. The Hall–Kier alpha value is -6.32. The fourth-order valence-electron chi connectivity index (χ4n) is 7.72. The maximum absolute atomic E-state index is 11.3. The minimum Gasteiger partial charge on any atom is -1.00 e. The Morgan fingerprint density at radius 2 is 0.882 bits per heavy atom. The molecule has 0 aromatic heterocycles. The van der Waals surface area contributed by atoms with Crippen LogP contribution in [-0.4, -0.2) is 332 Å². The molecule has 4 aliphatic heterocycles. The Labute approximate surface area is 802 Å². The molecule has 4 aliphatic rings. The largest absolute Gasteiger partial charge is 1.00 e. The number of carboxylic acids is 3. The number of imide groups is 2. The SMILES string of the molecule is C.C.C.C.C.C.C.C.C.C.C1CCOC1.C=O.CN[C@@H](CCCCNC(=O)COCCOC)C(C)=O.COC(Cl)Cl.COCCOCC(=O)NCCCC[C@@H]1NC(=O)OC1=O.COCCOCC(=O)NCCCC[C@H](C)C(=O)O.COCCOCC(=O)O.COCCOCC(=O)ON1C(=O)CCC1=O.C[C@@H](CCCCN)C(=O)O.O=C1CCC(=O)N1O.[2H]C#C.[2H]CCl.[H-].[Na+]. The molecule has 0 radical (unpaired) electrons. The first kappa shape index (κ1) is 161. The minimum absolute atomic E-state index is 0. The Balaban J connectivity index is -0.0000000583. The van der Waals surface area contributed by atoms with Crippen LogP contribution in [0.25, 0.3) is 0 Å². The number of amides is 8. The molecule has 0 bridgehead atoms. The number of hydroxylamine groups is 4. The van der Waals surface area contributed by atoms with E-state index in [0.29, 0.717) is 116 Å². The maximum atomic E-state index is 11.3. The van der Waals surface area contributed by atoms with Crippen LogP contribution in [0.2, 0.25) is 0 Å². The van der Waals surface area contributed by atoms with Gasteiger partial charge in [-0.3, -0.25) is 53.2 Å². The quantitative estimate of drug-likeness (QED) is 0.00468. The van der Waals surface area contributed by atoms with E-state index in [1.54, 1.807) is 49.1 Å². The number of methoxy groups -OCH3 is 6. The number of cyclic esters (lactones) is 2. The second kappa shape index (κ2) is 128. The van der Waals surface area contributed by atoms with Gasteiger partial charge in [0.15, 0.2) is 0 Å². The molecule has 0 saturated carbocycles. The second-order valence-electron chi connectivity index (χ2n) is 23.2. The Kier molecular flexibility index (Phi) is 162. The van der Waals surface area contributed by atoms with Gasteiger partial charge in [-0.15, -0.1) is 29.5 Å². The standard InChI is InChI=1S/C13H26N2O4.C12H20N2O6.C12H23NO5.C9H13NO6.C7H15NO2.C5H10O4.C4H5NO3.C4H8O.C2H4Cl2O.C2H2.CH3Cl.CH2O.10CH4.Na.H/c1-11(16)12(14-2)6-4-5-7-15-13(17)10-19-9-8-18-3;1-18-6-7-19-8-10(15)13-5-3-2-4-9-11(16)20-12(17)14-9;1-10(12(15)16)5-3-4-6-13-11(14)9-18-8-7-17-2;1-14-4-5-15-6-9(13)16-10-7(11)2-3-8(10)12;1-6(7(9)10)4-2-3-5-8;1-8-2-3-9-4-5(6)7;6-3-1-2-4(7)5(3)8;1-2-4-5-3-1;1-5-2(3)4;3*1-2;;;;;;;;;;;;/h12,14H,4-10H2,1-3H3,(H,15,17);9H,2-8H2,1H3,(H,13,15)(H,14,17);10H,3-9H2,1-2H3,(H,13,14)(H,15,16);2-6H2,1H3;6H,2-5,8H2,1H3,(H,9,10);2-4H2,1H3,(H,6,7);8H,1-2H2;1-4H2;2H,1H3;1-2H;1H3;1H2;10*1H4;;/q;;;;;;;;;;;;;;;;;;;;;;+1;-1/t12-;9-;10-;;6-;;;;;;;;;;;;;;;;;;;/m000.0.................../s1/i;;;;;;;;;2*1D;;;;;;;;;;;;;. The third kappa shape index (κ3) is 124. The molecule has 0 unspecified atom stereocenters. The van der Waals surface area contributed by atoms with Crippen LogP contribution in [-0.2, 0) is 134 Å². The van der Waals surface area contributed by atoms with Crippen LogP contribution in [0.5, 0.6) is 0 Å². The van der Waals surface area contributed by atoms with Crippen molar-refractivity contribution in [3.8, 4) is 12.8 Å². The number of halogens is 3. The number of nitrogens with zero attached hydrogens (tertiary/aromatic N) is 2. The Bertz CT molecular complexity index is 2620. The third-order valence-corrected chi connectivity index (χ3v) is 14.3. The number of nitrogens with one attached hydrogen (secondary N) is 5. The molecule has 0 aromatic rings. The smallest absolute Gasteiger partial charge is 1.00 e. The van der Waals surface area contributed by atoms with Gasteiger partial charge in [-0.25, -0.2) is 19.2 Å². The number of Topliss-reactive ketones (excluding diaryl/α,β-unsaturated/α-hetero) is 1. The van der Waals surface area contributed by atoms with Gasteiger partial charge in [0.1, 0.15) is 53.0 Å². The number of carboxylic acid groups (broad SMARTS) is 3. The number of unbranched alkanes of at least 4 members (excludes halogenated alkanes) is 4. The number of terminal acetylenes is 1. The average molecular weight is 1930 g/mol. The number of esters is 1. The minimum atomic E-state index is -0.953. The zero-order valence-electron chi connectivity index (χ0n) is 72.7. The fourth-order valence-corrected chi connectivity index (χ4v) is 7.72. The van der Waals surface area contributed by atoms with Crippen molar-refractivity contribution in [3.05, 3.63) is 0 Å². The van der Waals surface area contributed by atoms with E-state index in [1.165, 1.54) is 40.6 Å². The van der Waals surface area contributed by atoms with E-state index in [9.17, 15) is 67.1 Å². The van der Waals surface area contributed by atoms with Crippen molar-refractivity contribution in [2.75, 3.05) is 195 Å². The number of ketones is 1. The number of aliphatic carboxylic acids is 3. The zero-order valence-corrected chi connectivity index (χ0v) is 74.0. The predicted octanol–water partition coefficient (Wildman–Crippen LogP) is 6.28. The van der Waals surface area contributed by atoms with Crippen molar-refractivity contribution in [1.29, 1.82) is 0 Å². The summed E-state index contributed by atoms with van der Waals surface area (Å²) < 4.78 is 73.6. The molecule has 4 fully saturated rings. The van der Waals surface area contributed by atoms with Crippen LogP contribution >= 0.6 is 34.8 Å². The van der Waals surface area contributed by atoms with Crippen LogP contribution in [0.15, 0.2) is 0 Å². The van der Waals surface area contributed by atoms with Crippen molar-refractivity contribution < 1.29 is 193 Å². The van der Waals surface area contributed by atoms with Gasteiger partial charge in [0, 0.05) is 109 Å². The third-order valence-electron chi connectivity index (χ3n) is 13.9. The van der Waals surface area contributed by atoms with Gasteiger partial charge in [-0.2, -0.15) is 5.06 Å². The van der Waals surface area contributed by atoms with Crippen LogP contribution < -0.4 is 61.9 Å². The number of carbonyl (C=O) groups excluding carboxylic acids is 12. The molecule has 8 amide bonds. The molecular weight excluding hydrogens is 1750 g/mol. The van der Waals surface area contributed by atoms with Gasteiger partial charge in [0.25, 0.3) is 23.6 Å². The number of hydrogen-bond donors (Lipinski definition) is 10. The summed E-state index contributed by atoms with van der Waals surface area (Å²) in [5, 5.41) is 47.1. The van der Waals surface area contributed by atoms with Gasteiger partial charge in [0.2, 0.25) is 22.7 Å². The molecule has 4 atom stereocenters. The molecule has 4 saturated heterocycles. The van der Waals surface area contributed by atoms with Crippen molar-refractivity contribution in [3.63, 3.8) is 0 Å². The van der Waals surface area contributed by atoms with Crippen LogP contribution in [0.1, 0.15) is 215 Å². The summed E-state index contributed by atoms with van der Waals surface area (Å²) in [4.78, 5) is 164. The molecule has 0 aliphatic carbocycles. The number of rotatable bonds is 50. The molecule has 41 nitrogen and oxygen atoms in total. The predicted molar refractivity (Wildman–Crippen MR) is 490 cm³/mol. The van der Waals surface area contributed by atoms with E-state index >= 15 is 0 Å². The van der Waals surface area contributed by atoms with Gasteiger partial charge in [-0.1, -0.05) is 124 Å². The number of nitrogens with two attached hydrogens (primary N) is 1. The van der Waals surface area contributed by atoms with Crippen LogP contribution in [0, 0.1) is 24.7 Å². The summed E-state index contributed by atoms with van der Waals surface area (Å²) in [6, 6.07) is -0.636. The first-order chi connectivity index (χ1) is 56.2. The van der Waals surface area contributed by atoms with Crippen molar-refractivity contribution in [1.82, 2.24) is 36.7 Å². The number of ether oxygens (including phenoxy) is 13. The number of hydrogen-bond acceptors (Lipinski definition) is 32. The van der Waals surface area contributed by atoms with Crippen molar-refractivity contribution in [2.24, 2.45) is 17.6 Å². The van der Waals surface area contributed by atoms with Crippen molar-refractivity contribution >= 4 is 125 Å². The molecule has 4 rings (SSSR count).